The Morgan fingerprint density at radius 1 is 1.45 bits per heavy atom. The number of benzene rings is 1. The third-order valence-electron chi connectivity index (χ3n) is 4.08. The van der Waals surface area contributed by atoms with Crippen molar-refractivity contribution in [1.82, 2.24) is 9.55 Å². The first-order valence-corrected chi connectivity index (χ1v) is 6.50. The number of rotatable bonds is 2. The standard InChI is InChI=1S/C15H16N2O2.ClH/c1-10-13-8-12(15(18)19)3-2-11(13)4-5-14(10)17-7-6-16-9-17;/h2-3,6-10,14H,4-5H2,1H3,(H,18,19);1H. The van der Waals surface area contributed by atoms with Gasteiger partial charge in [-0.15, -0.1) is 12.4 Å². The fourth-order valence-corrected chi connectivity index (χ4v) is 3.01. The van der Waals surface area contributed by atoms with E-state index in [0.717, 1.165) is 18.4 Å². The Morgan fingerprint density at radius 2 is 2.25 bits per heavy atom. The SMILES string of the molecule is CC1c2cc(C(=O)O)ccc2CCC1n1ccnc1.Cl. The van der Waals surface area contributed by atoms with E-state index >= 15 is 0 Å². The van der Waals surface area contributed by atoms with Crippen molar-refractivity contribution in [2.24, 2.45) is 0 Å². The van der Waals surface area contributed by atoms with Crippen LogP contribution in [0.2, 0.25) is 0 Å². The van der Waals surface area contributed by atoms with Crippen LogP contribution in [0.25, 0.3) is 0 Å². The number of carbonyl (C=O) groups is 1. The smallest absolute Gasteiger partial charge is 0.335 e. The summed E-state index contributed by atoms with van der Waals surface area (Å²) < 4.78 is 2.13. The van der Waals surface area contributed by atoms with E-state index in [-0.39, 0.29) is 12.4 Å². The molecular formula is C15H17ClN2O2. The summed E-state index contributed by atoms with van der Waals surface area (Å²) in [7, 11) is 0. The fraction of sp³-hybridized carbons (Fsp3) is 0.333. The van der Waals surface area contributed by atoms with Crippen molar-refractivity contribution >= 4 is 18.4 Å². The number of hydrogen-bond acceptors (Lipinski definition) is 2. The molecule has 20 heavy (non-hydrogen) atoms. The zero-order chi connectivity index (χ0) is 13.4. The largest absolute Gasteiger partial charge is 0.478 e. The van der Waals surface area contributed by atoms with Gasteiger partial charge in [0.05, 0.1) is 11.9 Å². The Hall–Kier alpha value is -1.81. The van der Waals surface area contributed by atoms with Crippen LogP contribution in [0.5, 0.6) is 0 Å². The number of aromatic carboxylic acids is 1. The minimum absolute atomic E-state index is 0. The first-order valence-electron chi connectivity index (χ1n) is 6.50. The minimum atomic E-state index is -0.861. The van der Waals surface area contributed by atoms with Gasteiger partial charge in [-0.05, 0) is 36.1 Å². The summed E-state index contributed by atoms with van der Waals surface area (Å²) in [6.45, 7) is 2.16. The maximum atomic E-state index is 11.1. The van der Waals surface area contributed by atoms with Crippen molar-refractivity contribution in [2.45, 2.75) is 31.7 Å². The third kappa shape index (κ3) is 2.43. The molecule has 2 atom stereocenters. The molecule has 0 radical (unpaired) electrons. The van der Waals surface area contributed by atoms with Crippen LogP contribution in [0, 0.1) is 0 Å². The predicted octanol–water partition coefficient (Wildman–Crippen LogP) is 3.29. The Labute approximate surface area is 123 Å². The van der Waals surface area contributed by atoms with Gasteiger partial charge in [-0.25, -0.2) is 9.78 Å². The van der Waals surface area contributed by atoms with Crippen molar-refractivity contribution in [3.63, 3.8) is 0 Å². The summed E-state index contributed by atoms with van der Waals surface area (Å²) in [5, 5.41) is 9.11. The number of aryl methyl sites for hydroxylation is 1. The highest BCUT2D eigenvalue weighted by atomic mass is 35.5. The van der Waals surface area contributed by atoms with Crippen LogP contribution in [-0.4, -0.2) is 20.6 Å². The van der Waals surface area contributed by atoms with E-state index in [1.165, 1.54) is 5.56 Å². The average Bonchev–Trinajstić information content (AvgIpc) is 2.92. The van der Waals surface area contributed by atoms with Crippen LogP contribution >= 0.6 is 12.4 Å². The predicted molar refractivity (Wildman–Crippen MR) is 78.6 cm³/mol. The molecule has 0 fully saturated rings. The van der Waals surface area contributed by atoms with Gasteiger partial charge in [0.1, 0.15) is 0 Å². The molecule has 0 saturated heterocycles. The summed E-state index contributed by atoms with van der Waals surface area (Å²) >= 11 is 0. The summed E-state index contributed by atoms with van der Waals surface area (Å²) in [5.41, 5.74) is 2.80. The summed E-state index contributed by atoms with van der Waals surface area (Å²) in [6.07, 6.45) is 7.66. The number of hydrogen-bond donors (Lipinski definition) is 1. The lowest BCUT2D eigenvalue weighted by Crippen LogP contribution is -2.22. The second-order valence-corrected chi connectivity index (χ2v) is 5.12. The second kappa shape index (κ2) is 5.67. The molecule has 0 saturated carbocycles. The van der Waals surface area contributed by atoms with Crippen molar-refractivity contribution in [1.29, 1.82) is 0 Å². The number of nitrogens with zero attached hydrogens (tertiary/aromatic N) is 2. The Kier molecular flexibility index (Phi) is 4.14. The number of carboxylic acids is 1. The second-order valence-electron chi connectivity index (χ2n) is 5.12. The van der Waals surface area contributed by atoms with E-state index in [0.29, 0.717) is 17.5 Å². The molecule has 5 heteroatoms. The van der Waals surface area contributed by atoms with Crippen LogP contribution in [-0.2, 0) is 6.42 Å². The van der Waals surface area contributed by atoms with Crippen LogP contribution < -0.4 is 0 Å². The molecular weight excluding hydrogens is 276 g/mol. The van der Waals surface area contributed by atoms with Crippen molar-refractivity contribution in [2.75, 3.05) is 0 Å². The highest BCUT2D eigenvalue weighted by Gasteiger charge is 2.27. The molecule has 1 heterocycles. The number of aromatic nitrogens is 2. The van der Waals surface area contributed by atoms with Crippen LogP contribution in [0.1, 0.15) is 46.8 Å². The highest BCUT2D eigenvalue weighted by molar-refractivity contribution is 5.88. The molecule has 1 aromatic heterocycles. The average molecular weight is 293 g/mol. The number of halogens is 1. The maximum absolute atomic E-state index is 11.1. The zero-order valence-corrected chi connectivity index (χ0v) is 12.0. The minimum Gasteiger partial charge on any atom is -0.478 e. The Balaban J connectivity index is 0.00000147. The van der Waals surface area contributed by atoms with Gasteiger partial charge in [0.25, 0.3) is 0 Å². The van der Waals surface area contributed by atoms with E-state index in [1.807, 2.05) is 24.7 Å². The lowest BCUT2D eigenvalue weighted by Gasteiger charge is -2.32. The van der Waals surface area contributed by atoms with Gasteiger partial charge < -0.3 is 9.67 Å². The van der Waals surface area contributed by atoms with Crippen LogP contribution in [0.4, 0.5) is 0 Å². The van der Waals surface area contributed by atoms with Crippen LogP contribution in [0.3, 0.4) is 0 Å². The highest BCUT2D eigenvalue weighted by Crippen LogP contribution is 2.39. The Morgan fingerprint density at radius 3 is 2.90 bits per heavy atom. The van der Waals surface area contributed by atoms with Gasteiger partial charge in [0.15, 0.2) is 0 Å². The Bertz CT molecular complexity index is 610. The molecule has 0 bridgehead atoms. The monoisotopic (exact) mass is 292 g/mol. The van der Waals surface area contributed by atoms with Gasteiger partial charge in [0.2, 0.25) is 0 Å². The van der Waals surface area contributed by atoms with Gasteiger partial charge in [-0.2, -0.15) is 0 Å². The molecule has 2 aromatic rings. The van der Waals surface area contributed by atoms with Gasteiger partial charge >= 0.3 is 5.97 Å². The van der Waals surface area contributed by atoms with Gasteiger partial charge in [0, 0.05) is 24.4 Å². The molecule has 1 aliphatic carbocycles. The lowest BCUT2D eigenvalue weighted by molar-refractivity contribution is 0.0696. The molecule has 1 aliphatic rings. The zero-order valence-electron chi connectivity index (χ0n) is 11.2. The van der Waals surface area contributed by atoms with E-state index in [4.69, 9.17) is 5.11 Å². The van der Waals surface area contributed by atoms with Crippen LogP contribution in [0.15, 0.2) is 36.9 Å². The third-order valence-corrected chi connectivity index (χ3v) is 4.08. The molecule has 2 unspecified atom stereocenters. The molecule has 3 rings (SSSR count). The first kappa shape index (κ1) is 14.6. The molecule has 0 aliphatic heterocycles. The summed E-state index contributed by atoms with van der Waals surface area (Å²) in [4.78, 5) is 15.2. The van der Waals surface area contributed by atoms with Crippen molar-refractivity contribution in [3.8, 4) is 0 Å². The van der Waals surface area contributed by atoms with E-state index in [9.17, 15) is 4.79 Å². The molecule has 0 amide bonds. The van der Waals surface area contributed by atoms with Gasteiger partial charge in [-0.1, -0.05) is 13.0 Å². The van der Waals surface area contributed by atoms with E-state index in [1.54, 1.807) is 12.3 Å². The molecule has 106 valence electrons. The number of fused-ring (bicyclic) bond motifs is 1. The molecule has 1 N–H and O–H groups in total. The topological polar surface area (TPSA) is 55.1 Å². The molecule has 4 nitrogen and oxygen atoms in total. The number of imidazole rings is 1. The van der Waals surface area contributed by atoms with Crippen molar-refractivity contribution in [3.05, 3.63) is 53.6 Å². The normalized spacial score (nSPS) is 20.9. The summed E-state index contributed by atoms with van der Waals surface area (Å²) in [5.74, 6) is -0.558. The van der Waals surface area contributed by atoms with E-state index in [2.05, 4.69) is 16.5 Å². The lowest BCUT2D eigenvalue weighted by atomic mass is 9.79. The molecule has 0 spiro atoms. The quantitative estimate of drug-likeness (QED) is 0.924. The fourth-order valence-electron chi connectivity index (χ4n) is 3.01. The maximum Gasteiger partial charge on any atom is 0.335 e. The van der Waals surface area contributed by atoms with Gasteiger partial charge in [-0.3, -0.25) is 0 Å². The van der Waals surface area contributed by atoms with E-state index < -0.39 is 5.97 Å². The summed E-state index contributed by atoms with van der Waals surface area (Å²) in [6, 6.07) is 5.84. The number of carboxylic acid groups (broad SMARTS) is 1. The van der Waals surface area contributed by atoms with Crippen molar-refractivity contribution < 1.29 is 9.90 Å². The molecule has 1 aromatic carbocycles. The first-order chi connectivity index (χ1) is 9.16.